The summed E-state index contributed by atoms with van der Waals surface area (Å²) in [5.41, 5.74) is 3.28. The molecule has 0 heterocycles. The molecule has 3 aromatic rings. The Kier molecular flexibility index (Phi) is 9.88. The van der Waals surface area contributed by atoms with Crippen LogP contribution in [0.4, 0.5) is 5.69 Å². The van der Waals surface area contributed by atoms with E-state index in [1.165, 1.54) is 37.6 Å². The van der Waals surface area contributed by atoms with Gasteiger partial charge in [0.05, 0.1) is 35.5 Å². The first-order chi connectivity index (χ1) is 17.8. The Morgan fingerprint density at radius 3 is 2.35 bits per heavy atom. The SMILES string of the molecule is CCCOc1ccc(C(=O)Oc2ccc(/C=N\NC(=O)C(=O)Nc3ccc(Cl)c(Cl)c3)cc2OC)cc1. The van der Waals surface area contributed by atoms with Crippen molar-refractivity contribution in [2.75, 3.05) is 19.0 Å². The number of hydrogen-bond donors (Lipinski definition) is 2. The molecule has 11 heteroatoms. The average molecular weight is 544 g/mol. The molecule has 0 aromatic heterocycles. The number of halogens is 2. The number of nitrogens with one attached hydrogen (secondary N) is 2. The maximum absolute atomic E-state index is 12.5. The highest BCUT2D eigenvalue weighted by Gasteiger charge is 2.15. The van der Waals surface area contributed by atoms with Crippen LogP contribution in [0.3, 0.4) is 0 Å². The van der Waals surface area contributed by atoms with Crippen molar-refractivity contribution in [1.82, 2.24) is 5.43 Å². The van der Waals surface area contributed by atoms with Crippen LogP contribution in [-0.4, -0.2) is 37.7 Å². The minimum Gasteiger partial charge on any atom is -0.494 e. The van der Waals surface area contributed by atoms with E-state index in [-0.39, 0.29) is 16.5 Å². The molecular formula is C26H23Cl2N3O6. The normalized spacial score (nSPS) is 10.6. The Morgan fingerprint density at radius 1 is 0.919 bits per heavy atom. The maximum Gasteiger partial charge on any atom is 0.343 e. The van der Waals surface area contributed by atoms with Crippen LogP contribution in [-0.2, 0) is 9.59 Å². The fraction of sp³-hybridized carbons (Fsp3) is 0.154. The van der Waals surface area contributed by atoms with Crippen molar-refractivity contribution < 1.29 is 28.6 Å². The van der Waals surface area contributed by atoms with Crippen LogP contribution >= 0.6 is 23.2 Å². The Labute approximate surface area is 223 Å². The molecule has 0 fully saturated rings. The molecule has 0 bridgehead atoms. The lowest BCUT2D eigenvalue weighted by Crippen LogP contribution is -2.32. The van der Waals surface area contributed by atoms with Gasteiger partial charge in [-0.2, -0.15) is 5.10 Å². The molecule has 2 N–H and O–H groups in total. The summed E-state index contributed by atoms with van der Waals surface area (Å²) in [5.74, 6) is -1.38. The van der Waals surface area contributed by atoms with Gasteiger partial charge in [-0.05, 0) is 72.6 Å². The summed E-state index contributed by atoms with van der Waals surface area (Å²) in [4.78, 5) is 36.6. The van der Waals surface area contributed by atoms with Crippen molar-refractivity contribution in [3.05, 3.63) is 81.8 Å². The predicted octanol–water partition coefficient (Wildman–Crippen LogP) is 5.10. The molecule has 0 saturated carbocycles. The number of esters is 1. The molecule has 0 aliphatic carbocycles. The standard InChI is InChI=1S/C26H23Cl2N3O6/c1-3-12-36-19-8-5-17(6-9-19)26(34)37-22-11-4-16(13-23(22)35-2)15-29-31-25(33)24(32)30-18-7-10-20(27)21(28)14-18/h4-11,13-15H,3,12H2,1-2H3,(H,30,32)(H,31,33)/b29-15-. The second-order valence-corrected chi connectivity index (χ2v) is 8.27. The van der Waals surface area contributed by atoms with Gasteiger partial charge in [0.2, 0.25) is 0 Å². The van der Waals surface area contributed by atoms with E-state index < -0.39 is 17.8 Å². The van der Waals surface area contributed by atoms with Crippen LogP contribution in [0.2, 0.25) is 10.0 Å². The lowest BCUT2D eigenvalue weighted by Gasteiger charge is -2.10. The Balaban J connectivity index is 1.58. The van der Waals surface area contributed by atoms with Crippen molar-refractivity contribution in [1.29, 1.82) is 0 Å². The van der Waals surface area contributed by atoms with E-state index in [2.05, 4.69) is 15.8 Å². The third-order valence-electron chi connectivity index (χ3n) is 4.72. The second-order valence-electron chi connectivity index (χ2n) is 7.45. The van der Waals surface area contributed by atoms with Gasteiger partial charge in [0, 0.05) is 5.69 Å². The van der Waals surface area contributed by atoms with Crippen molar-refractivity contribution >= 4 is 52.9 Å². The number of carbonyl (C=O) groups excluding carboxylic acids is 3. The van der Waals surface area contributed by atoms with Gasteiger partial charge in [0.25, 0.3) is 0 Å². The highest BCUT2D eigenvalue weighted by Crippen LogP contribution is 2.29. The monoisotopic (exact) mass is 543 g/mol. The lowest BCUT2D eigenvalue weighted by atomic mass is 10.2. The molecule has 192 valence electrons. The zero-order valence-corrected chi connectivity index (χ0v) is 21.4. The number of rotatable bonds is 9. The number of benzene rings is 3. The Bertz CT molecular complexity index is 1310. The topological polar surface area (TPSA) is 115 Å². The molecular weight excluding hydrogens is 521 g/mol. The van der Waals surface area contributed by atoms with Crippen LogP contribution in [0.15, 0.2) is 65.8 Å². The lowest BCUT2D eigenvalue weighted by molar-refractivity contribution is -0.136. The van der Waals surface area contributed by atoms with Crippen LogP contribution in [0.1, 0.15) is 29.3 Å². The Hall–Kier alpha value is -4.08. The number of hydrazone groups is 1. The smallest absolute Gasteiger partial charge is 0.343 e. The number of ether oxygens (including phenoxy) is 3. The molecule has 0 radical (unpaired) electrons. The predicted molar refractivity (Wildman–Crippen MR) is 141 cm³/mol. The van der Waals surface area contributed by atoms with Crippen molar-refractivity contribution in [2.24, 2.45) is 5.10 Å². The number of methoxy groups -OCH3 is 1. The maximum atomic E-state index is 12.5. The highest BCUT2D eigenvalue weighted by molar-refractivity contribution is 6.43. The first-order valence-electron chi connectivity index (χ1n) is 11.0. The number of carbonyl (C=O) groups is 3. The molecule has 3 aromatic carbocycles. The molecule has 9 nitrogen and oxygen atoms in total. The first-order valence-corrected chi connectivity index (χ1v) is 11.8. The molecule has 2 amide bonds. The van der Waals surface area contributed by atoms with Crippen LogP contribution in [0, 0.1) is 0 Å². The van der Waals surface area contributed by atoms with E-state index in [9.17, 15) is 14.4 Å². The second kappa shape index (κ2) is 13.3. The van der Waals surface area contributed by atoms with Gasteiger partial charge in [0.1, 0.15) is 5.75 Å². The zero-order valence-electron chi connectivity index (χ0n) is 19.9. The summed E-state index contributed by atoms with van der Waals surface area (Å²) in [6, 6.07) is 15.7. The third-order valence-corrected chi connectivity index (χ3v) is 5.46. The molecule has 0 saturated heterocycles. The molecule has 3 rings (SSSR count). The van der Waals surface area contributed by atoms with Crippen LogP contribution in [0.5, 0.6) is 17.2 Å². The fourth-order valence-corrected chi connectivity index (χ4v) is 3.19. The molecule has 0 aliphatic rings. The molecule has 0 aliphatic heterocycles. The number of anilines is 1. The average Bonchev–Trinajstić information content (AvgIpc) is 2.90. The van der Waals surface area contributed by atoms with Gasteiger partial charge in [-0.1, -0.05) is 30.1 Å². The van der Waals surface area contributed by atoms with Crippen molar-refractivity contribution in [2.45, 2.75) is 13.3 Å². The molecule has 0 unspecified atom stereocenters. The van der Waals surface area contributed by atoms with E-state index in [0.717, 1.165) is 6.42 Å². The number of hydrogen-bond acceptors (Lipinski definition) is 7. The summed E-state index contributed by atoms with van der Waals surface area (Å²) >= 11 is 11.7. The largest absolute Gasteiger partial charge is 0.494 e. The van der Waals surface area contributed by atoms with Gasteiger partial charge in [-0.25, -0.2) is 10.2 Å². The zero-order chi connectivity index (χ0) is 26.8. The quantitative estimate of drug-likeness (QED) is 0.127. The van der Waals surface area contributed by atoms with Gasteiger partial charge in [-0.15, -0.1) is 0 Å². The van der Waals surface area contributed by atoms with E-state index in [1.807, 2.05) is 6.92 Å². The van der Waals surface area contributed by atoms with E-state index in [1.54, 1.807) is 36.4 Å². The van der Waals surface area contributed by atoms with E-state index in [4.69, 9.17) is 37.4 Å². The fourth-order valence-electron chi connectivity index (χ4n) is 2.89. The van der Waals surface area contributed by atoms with Crippen LogP contribution < -0.4 is 25.0 Å². The minimum atomic E-state index is -0.994. The first kappa shape index (κ1) is 27.5. The summed E-state index contributed by atoms with van der Waals surface area (Å²) in [7, 11) is 1.42. The van der Waals surface area contributed by atoms with Crippen LogP contribution in [0.25, 0.3) is 0 Å². The number of amides is 2. The number of nitrogens with zero attached hydrogens (tertiary/aromatic N) is 1. The van der Waals surface area contributed by atoms with Gasteiger partial charge in [0.15, 0.2) is 11.5 Å². The summed E-state index contributed by atoms with van der Waals surface area (Å²) < 4.78 is 16.3. The Morgan fingerprint density at radius 2 is 1.68 bits per heavy atom. The third kappa shape index (κ3) is 7.96. The highest BCUT2D eigenvalue weighted by atomic mass is 35.5. The molecule has 0 atom stereocenters. The van der Waals surface area contributed by atoms with Crippen molar-refractivity contribution in [3.8, 4) is 17.2 Å². The van der Waals surface area contributed by atoms with Gasteiger partial charge < -0.3 is 19.5 Å². The summed E-state index contributed by atoms with van der Waals surface area (Å²) in [6.07, 6.45) is 2.18. The molecule has 0 spiro atoms. The van der Waals surface area contributed by atoms with Gasteiger partial charge >= 0.3 is 17.8 Å². The van der Waals surface area contributed by atoms with E-state index >= 15 is 0 Å². The van der Waals surface area contributed by atoms with Gasteiger partial charge in [-0.3, -0.25) is 9.59 Å². The minimum absolute atomic E-state index is 0.195. The van der Waals surface area contributed by atoms with Crippen molar-refractivity contribution in [3.63, 3.8) is 0 Å². The summed E-state index contributed by atoms with van der Waals surface area (Å²) in [5, 5.41) is 6.70. The van der Waals surface area contributed by atoms with E-state index in [0.29, 0.717) is 34.2 Å². The molecule has 37 heavy (non-hydrogen) atoms. The summed E-state index contributed by atoms with van der Waals surface area (Å²) in [6.45, 7) is 2.60.